The van der Waals surface area contributed by atoms with Gasteiger partial charge in [-0.2, -0.15) is 0 Å². The Balaban J connectivity index is 1.56. The summed E-state index contributed by atoms with van der Waals surface area (Å²) < 4.78 is 16.0. The van der Waals surface area contributed by atoms with Gasteiger partial charge in [-0.25, -0.2) is 0 Å². The molecule has 2 heterocycles. The van der Waals surface area contributed by atoms with Crippen molar-refractivity contribution < 1.29 is 23.8 Å². The molecule has 0 spiro atoms. The van der Waals surface area contributed by atoms with Gasteiger partial charge in [0.25, 0.3) is 0 Å². The number of carbonyl (C=O) groups excluding carboxylic acids is 2. The molecule has 0 aliphatic carbocycles. The van der Waals surface area contributed by atoms with Gasteiger partial charge in [0.15, 0.2) is 11.5 Å². The zero-order chi connectivity index (χ0) is 17.8. The van der Waals surface area contributed by atoms with Gasteiger partial charge in [0.2, 0.25) is 18.6 Å². The molecule has 0 aromatic heterocycles. The first-order valence-electron chi connectivity index (χ1n) is 8.63. The highest BCUT2D eigenvalue weighted by Gasteiger charge is 2.29. The summed E-state index contributed by atoms with van der Waals surface area (Å²) in [6.45, 7) is 4.98. The average molecular weight is 348 g/mol. The normalized spacial score (nSPS) is 19.7. The van der Waals surface area contributed by atoms with Crippen LogP contribution in [-0.4, -0.2) is 37.4 Å². The van der Waals surface area contributed by atoms with Crippen LogP contribution in [0.2, 0.25) is 0 Å². The Bertz CT molecular complexity index is 640. The first-order chi connectivity index (χ1) is 12.0. The van der Waals surface area contributed by atoms with Crippen molar-refractivity contribution in [1.82, 2.24) is 10.6 Å². The number of hydrogen-bond donors (Lipinski definition) is 2. The lowest BCUT2D eigenvalue weighted by molar-refractivity contribution is -0.135. The number of hydrogen-bond acceptors (Lipinski definition) is 5. The van der Waals surface area contributed by atoms with Crippen LogP contribution in [0.3, 0.4) is 0 Å². The van der Waals surface area contributed by atoms with Crippen LogP contribution in [0, 0.1) is 5.92 Å². The molecule has 1 fully saturated rings. The van der Waals surface area contributed by atoms with E-state index in [0.29, 0.717) is 31.1 Å². The lowest BCUT2D eigenvalue weighted by Gasteiger charge is -2.23. The standard InChI is InChI=1S/C18H24N2O5/c1-11(2)16(20-17(21)14-4-3-7-23-14)18(22)19-9-12-5-6-13-15(8-12)25-10-24-13/h5-6,8,11,14,16H,3-4,7,9-10H2,1-2H3,(H,19,22)(H,20,21)/t14?,16-/m1/s1. The fourth-order valence-corrected chi connectivity index (χ4v) is 2.92. The van der Waals surface area contributed by atoms with Gasteiger partial charge in [-0.3, -0.25) is 9.59 Å². The molecule has 1 aromatic carbocycles. The second kappa shape index (κ2) is 7.74. The highest BCUT2D eigenvalue weighted by molar-refractivity contribution is 5.89. The monoisotopic (exact) mass is 348 g/mol. The number of ether oxygens (including phenoxy) is 3. The molecule has 1 aromatic rings. The van der Waals surface area contributed by atoms with E-state index in [4.69, 9.17) is 14.2 Å². The molecule has 0 bridgehead atoms. The summed E-state index contributed by atoms with van der Waals surface area (Å²) in [4.78, 5) is 24.7. The topological polar surface area (TPSA) is 85.9 Å². The van der Waals surface area contributed by atoms with Crippen LogP contribution < -0.4 is 20.1 Å². The smallest absolute Gasteiger partial charge is 0.249 e. The third-order valence-corrected chi connectivity index (χ3v) is 4.37. The number of nitrogens with one attached hydrogen (secondary N) is 2. The predicted octanol–water partition coefficient (Wildman–Crippen LogP) is 1.35. The van der Waals surface area contributed by atoms with E-state index < -0.39 is 12.1 Å². The molecule has 1 unspecified atom stereocenters. The quantitative estimate of drug-likeness (QED) is 0.810. The van der Waals surface area contributed by atoms with E-state index in [9.17, 15) is 9.59 Å². The van der Waals surface area contributed by atoms with Gasteiger partial charge in [0, 0.05) is 13.2 Å². The Hall–Kier alpha value is -2.28. The molecule has 2 aliphatic rings. The fraction of sp³-hybridized carbons (Fsp3) is 0.556. The third kappa shape index (κ3) is 4.22. The molecule has 25 heavy (non-hydrogen) atoms. The minimum Gasteiger partial charge on any atom is -0.454 e. The summed E-state index contributed by atoms with van der Waals surface area (Å²) >= 11 is 0. The second-order valence-corrected chi connectivity index (χ2v) is 6.64. The van der Waals surface area contributed by atoms with Crippen molar-refractivity contribution in [2.45, 2.75) is 45.4 Å². The maximum Gasteiger partial charge on any atom is 0.249 e. The molecule has 7 heteroatoms. The number of carbonyl (C=O) groups is 2. The molecule has 1 saturated heterocycles. The first kappa shape index (κ1) is 17.5. The minimum absolute atomic E-state index is 0.0258. The number of rotatable bonds is 6. The Kier molecular flexibility index (Phi) is 5.43. The molecular weight excluding hydrogens is 324 g/mol. The summed E-state index contributed by atoms with van der Waals surface area (Å²) in [5.41, 5.74) is 0.908. The highest BCUT2D eigenvalue weighted by atomic mass is 16.7. The largest absolute Gasteiger partial charge is 0.454 e. The molecule has 2 N–H and O–H groups in total. The lowest BCUT2D eigenvalue weighted by Crippen LogP contribution is -2.52. The molecule has 0 saturated carbocycles. The maximum absolute atomic E-state index is 12.5. The highest BCUT2D eigenvalue weighted by Crippen LogP contribution is 2.32. The van der Waals surface area contributed by atoms with Crippen LogP contribution in [0.5, 0.6) is 11.5 Å². The summed E-state index contributed by atoms with van der Waals surface area (Å²) in [6.07, 6.45) is 1.14. The van der Waals surface area contributed by atoms with E-state index >= 15 is 0 Å². The predicted molar refractivity (Wildman–Crippen MR) is 90.2 cm³/mol. The lowest BCUT2D eigenvalue weighted by atomic mass is 10.0. The van der Waals surface area contributed by atoms with Crippen LogP contribution in [0.1, 0.15) is 32.3 Å². The fourth-order valence-electron chi connectivity index (χ4n) is 2.92. The SMILES string of the molecule is CC(C)[C@@H](NC(=O)C1CCCO1)C(=O)NCc1ccc2c(c1)OCO2. The summed E-state index contributed by atoms with van der Waals surface area (Å²) in [6, 6.07) is 4.95. The van der Waals surface area contributed by atoms with Crippen molar-refractivity contribution in [3.05, 3.63) is 23.8 Å². The van der Waals surface area contributed by atoms with Crippen molar-refractivity contribution in [3.63, 3.8) is 0 Å². The van der Waals surface area contributed by atoms with Gasteiger partial charge < -0.3 is 24.8 Å². The molecule has 2 amide bonds. The number of amides is 2. The number of benzene rings is 1. The van der Waals surface area contributed by atoms with E-state index in [2.05, 4.69) is 10.6 Å². The minimum atomic E-state index is -0.592. The van der Waals surface area contributed by atoms with Gasteiger partial charge >= 0.3 is 0 Å². The van der Waals surface area contributed by atoms with Crippen LogP contribution in [-0.2, 0) is 20.9 Å². The Morgan fingerprint density at radius 2 is 2.04 bits per heavy atom. The van der Waals surface area contributed by atoms with Crippen LogP contribution in [0.4, 0.5) is 0 Å². The Morgan fingerprint density at radius 1 is 1.24 bits per heavy atom. The van der Waals surface area contributed by atoms with Crippen LogP contribution in [0.15, 0.2) is 18.2 Å². The first-order valence-corrected chi connectivity index (χ1v) is 8.63. The zero-order valence-corrected chi connectivity index (χ0v) is 14.5. The average Bonchev–Trinajstić information content (AvgIpc) is 3.27. The van der Waals surface area contributed by atoms with E-state index in [-0.39, 0.29) is 24.5 Å². The van der Waals surface area contributed by atoms with Gasteiger partial charge in [0.1, 0.15) is 12.1 Å². The van der Waals surface area contributed by atoms with E-state index in [1.807, 2.05) is 32.0 Å². The molecule has 7 nitrogen and oxygen atoms in total. The van der Waals surface area contributed by atoms with Crippen molar-refractivity contribution >= 4 is 11.8 Å². The molecular formula is C18H24N2O5. The molecule has 2 aliphatic heterocycles. The Morgan fingerprint density at radius 3 is 2.76 bits per heavy atom. The molecule has 2 atom stereocenters. The van der Waals surface area contributed by atoms with E-state index in [0.717, 1.165) is 12.0 Å². The second-order valence-electron chi connectivity index (χ2n) is 6.64. The van der Waals surface area contributed by atoms with E-state index in [1.165, 1.54) is 0 Å². The third-order valence-electron chi connectivity index (χ3n) is 4.37. The van der Waals surface area contributed by atoms with E-state index in [1.54, 1.807) is 0 Å². The van der Waals surface area contributed by atoms with Crippen LogP contribution in [0.25, 0.3) is 0 Å². The molecule has 3 rings (SSSR count). The Labute approximate surface area is 147 Å². The summed E-state index contributed by atoms with van der Waals surface area (Å²) in [7, 11) is 0. The maximum atomic E-state index is 12.5. The van der Waals surface area contributed by atoms with Gasteiger partial charge in [-0.05, 0) is 36.5 Å². The summed E-state index contributed by atoms with van der Waals surface area (Å²) in [5, 5.41) is 5.69. The summed E-state index contributed by atoms with van der Waals surface area (Å²) in [5.74, 6) is 0.938. The molecule has 0 radical (unpaired) electrons. The van der Waals surface area contributed by atoms with Gasteiger partial charge in [-0.1, -0.05) is 19.9 Å². The van der Waals surface area contributed by atoms with Crippen LogP contribution >= 0.6 is 0 Å². The van der Waals surface area contributed by atoms with Crippen molar-refractivity contribution in [2.24, 2.45) is 5.92 Å². The van der Waals surface area contributed by atoms with Gasteiger partial charge in [0.05, 0.1) is 0 Å². The zero-order valence-electron chi connectivity index (χ0n) is 14.5. The van der Waals surface area contributed by atoms with Crippen molar-refractivity contribution in [2.75, 3.05) is 13.4 Å². The van der Waals surface area contributed by atoms with Gasteiger partial charge in [-0.15, -0.1) is 0 Å². The van der Waals surface area contributed by atoms with Crippen molar-refractivity contribution in [3.8, 4) is 11.5 Å². The number of fused-ring (bicyclic) bond motifs is 1. The molecule has 136 valence electrons. The van der Waals surface area contributed by atoms with Crippen molar-refractivity contribution in [1.29, 1.82) is 0 Å².